The second kappa shape index (κ2) is 10.9. The van der Waals surface area contributed by atoms with Crippen molar-refractivity contribution < 1.29 is 19.5 Å². The minimum absolute atomic E-state index is 0.0110. The van der Waals surface area contributed by atoms with Gasteiger partial charge in [0.25, 0.3) is 0 Å². The number of carbonyl (C=O) groups is 3. The molecule has 3 atom stereocenters. The molecule has 33 heavy (non-hydrogen) atoms. The van der Waals surface area contributed by atoms with Gasteiger partial charge in [0.05, 0.1) is 11.6 Å². The van der Waals surface area contributed by atoms with Gasteiger partial charge in [0.2, 0.25) is 5.91 Å². The lowest BCUT2D eigenvalue weighted by Gasteiger charge is -2.17. The smallest absolute Gasteiger partial charge is 0.335 e. The van der Waals surface area contributed by atoms with Gasteiger partial charge >= 0.3 is 5.97 Å². The van der Waals surface area contributed by atoms with Gasteiger partial charge in [0.15, 0.2) is 5.78 Å². The van der Waals surface area contributed by atoms with Crippen LogP contribution in [0.3, 0.4) is 0 Å². The van der Waals surface area contributed by atoms with E-state index >= 15 is 0 Å². The van der Waals surface area contributed by atoms with E-state index in [1.807, 2.05) is 18.2 Å². The number of ketones is 1. The summed E-state index contributed by atoms with van der Waals surface area (Å²) in [4.78, 5) is 36.4. The predicted molar refractivity (Wildman–Crippen MR) is 126 cm³/mol. The minimum atomic E-state index is -0.938. The number of hydrogen-bond donors (Lipinski definition) is 4. The van der Waals surface area contributed by atoms with Crippen LogP contribution in [-0.2, 0) is 22.4 Å². The van der Waals surface area contributed by atoms with Crippen LogP contribution in [0.25, 0.3) is 0 Å². The summed E-state index contributed by atoms with van der Waals surface area (Å²) in [6.07, 6.45) is 4.08. The van der Waals surface area contributed by atoms with Gasteiger partial charge < -0.3 is 16.2 Å². The monoisotopic (exact) mass is 449 g/mol. The number of aryl methyl sites for hydroxylation is 1. The molecule has 1 saturated carbocycles. The van der Waals surface area contributed by atoms with Gasteiger partial charge in [-0.1, -0.05) is 36.4 Å². The van der Waals surface area contributed by atoms with Crippen molar-refractivity contribution in [2.45, 2.75) is 51.5 Å². The molecule has 2 aromatic rings. The lowest BCUT2D eigenvalue weighted by atomic mass is 9.95. The molecule has 0 unspecified atom stereocenters. The van der Waals surface area contributed by atoms with Gasteiger partial charge in [-0.15, -0.1) is 0 Å². The number of nitrogens with two attached hydrogens (primary N) is 1. The van der Waals surface area contributed by atoms with Crippen molar-refractivity contribution in [3.05, 3.63) is 70.8 Å². The summed E-state index contributed by atoms with van der Waals surface area (Å²) in [6.45, 7) is 1.73. The summed E-state index contributed by atoms with van der Waals surface area (Å²) in [7, 11) is 0. The first-order valence-corrected chi connectivity index (χ1v) is 11.3. The number of Topliss-reactive ketones (excluding diaryl/α,β-unsaturated/α-hetero) is 1. The van der Waals surface area contributed by atoms with E-state index in [1.54, 1.807) is 37.3 Å². The first-order chi connectivity index (χ1) is 15.7. The Balaban J connectivity index is 1.44. The van der Waals surface area contributed by atoms with Crippen LogP contribution in [0.2, 0.25) is 0 Å². The van der Waals surface area contributed by atoms with E-state index in [1.165, 1.54) is 0 Å². The van der Waals surface area contributed by atoms with Crippen molar-refractivity contribution in [3.63, 3.8) is 0 Å². The van der Waals surface area contributed by atoms with E-state index in [0.29, 0.717) is 24.3 Å². The number of nitrogens with one attached hydrogen (secondary N) is 2. The molecule has 174 valence electrons. The summed E-state index contributed by atoms with van der Waals surface area (Å²) < 4.78 is 0. The average molecular weight is 450 g/mol. The molecule has 1 aliphatic carbocycles. The van der Waals surface area contributed by atoms with Crippen LogP contribution in [0.5, 0.6) is 0 Å². The Morgan fingerprint density at radius 3 is 2.48 bits per heavy atom. The molecule has 7 heteroatoms. The maximum absolute atomic E-state index is 12.7. The van der Waals surface area contributed by atoms with E-state index in [-0.39, 0.29) is 29.0 Å². The van der Waals surface area contributed by atoms with Crippen molar-refractivity contribution >= 4 is 23.5 Å². The molecular formula is C26H31N3O4. The van der Waals surface area contributed by atoms with Gasteiger partial charge in [-0.05, 0) is 68.2 Å². The van der Waals surface area contributed by atoms with Gasteiger partial charge in [0.1, 0.15) is 5.84 Å². The molecule has 0 radical (unpaired) electrons. The summed E-state index contributed by atoms with van der Waals surface area (Å²) in [6, 6.07) is 13.7. The lowest BCUT2D eigenvalue weighted by molar-refractivity contribution is -0.129. The van der Waals surface area contributed by atoms with Crippen molar-refractivity contribution in [3.8, 4) is 0 Å². The SMILES string of the molecule is C[C@H](NC(=O)[C@@H]1CC[C@@H](Cc2cccc(C(=O)O)c2)C1)C(=O)CCc1ccc(C(=N)N)cc1. The van der Waals surface area contributed by atoms with Crippen LogP contribution in [0.4, 0.5) is 0 Å². The topological polar surface area (TPSA) is 133 Å². The zero-order valence-corrected chi connectivity index (χ0v) is 18.8. The third-order valence-electron chi connectivity index (χ3n) is 6.38. The number of benzene rings is 2. The summed E-state index contributed by atoms with van der Waals surface area (Å²) in [5.74, 6) is -0.813. The number of amides is 1. The molecular weight excluding hydrogens is 418 g/mol. The molecule has 3 rings (SSSR count). The van der Waals surface area contributed by atoms with E-state index in [2.05, 4.69) is 5.32 Å². The highest BCUT2D eigenvalue weighted by Crippen LogP contribution is 2.33. The first-order valence-electron chi connectivity index (χ1n) is 11.3. The molecule has 1 aliphatic rings. The second-order valence-corrected chi connectivity index (χ2v) is 8.89. The molecule has 0 aliphatic heterocycles. The molecule has 0 saturated heterocycles. The third-order valence-corrected chi connectivity index (χ3v) is 6.38. The fourth-order valence-corrected chi connectivity index (χ4v) is 4.41. The average Bonchev–Trinajstić information content (AvgIpc) is 3.26. The number of carbonyl (C=O) groups excluding carboxylic acids is 2. The van der Waals surface area contributed by atoms with Crippen LogP contribution in [-0.4, -0.2) is 34.6 Å². The molecule has 0 bridgehead atoms. The van der Waals surface area contributed by atoms with Gasteiger partial charge in [-0.25, -0.2) is 4.79 Å². The zero-order valence-electron chi connectivity index (χ0n) is 18.8. The van der Waals surface area contributed by atoms with Crippen LogP contribution in [0.1, 0.15) is 59.7 Å². The molecule has 5 N–H and O–H groups in total. The van der Waals surface area contributed by atoms with Crippen LogP contribution in [0, 0.1) is 17.2 Å². The Morgan fingerprint density at radius 2 is 1.82 bits per heavy atom. The summed E-state index contributed by atoms with van der Waals surface area (Å²) in [5.41, 5.74) is 8.34. The fraction of sp³-hybridized carbons (Fsp3) is 0.385. The molecule has 7 nitrogen and oxygen atoms in total. The Hall–Kier alpha value is -3.48. The van der Waals surface area contributed by atoms with E-state index in [0.717, 1.165) is 36.8 Å². The number of hydrogen-bond acceptors (Lipinski definition) is 4. The maximum atomic E-state index is 12.7. The Bertz CT molecular complexity index is 1030. The second-order valence-electron chi connectivity index (χ2n) is 8.89. The quantitative estimate of drug-likeness (QED) is 0.326. The maximum Gasteiger partial charge on any atom is 0.335 e. The number of nitrogen functional groups attached to an aromatic ring is 1. The summed E-state index contributed by atoms with van der Waals surface area (Å²) in [5, 5.41) is 19.5. The Morgan fingerprint density at radius 1 is 1.09 bits per heavy atom. The van der Waals surface area contributed by atoms with Crippen molar-refractivity contribution in [1.82, 2.24) is 5.32 Å². The predicted octanol–water partition coefficient (Wildman–Crippen LogP) is 3.33. The normalized spacial score (nSPS) is 18.5. The van der Waals surface area contributed by atoms with Gasteiger partial charge in [0, 0.05) is 17.9 Å². The lowest BCUT2D eigenvalue weighted by Crippen LogP contribution is -2.41. The van der Waals surface area contributed by atoms with Crippen molar-refractivity contribution in [1.29, 1.82) is 5.41 Å². The minimum Gasteiger partial charge on any atom is -0.478 e. The molecule has 0 spiro atoms. The fourth-order valence-electron chi connectivity index (χ4n) is 4.41. The molecule has 0 heterocycles. The summed E-state index contributed by atoms with van der Waals surface area (Å²) >= 11 is 0. The number of amidine groups is 1. The number of aromatic carboxylic acids is 1. The van der Waals surface area contributed by atoms with Gasteiger partial charge in [-0.2, -0.15) is 0 Å². The van der Waals surface area contributed by atoms with E-state index in [4.69, 9.17) is 16.2 Å². The molecule has 0 aromatic heterocycles. The van der Waals surface area contributed by atoms with Crippen molar-refractivity contribution in [2.24, 2.45) is 17.6 Å². The highest BCUT2D eigenvalue weighted by molar-refractivity contribution is 5.95. The number of rotatable bonds is 10. The molecule has 2 aromatic carbocycles. The largest absolute Gasteiger partial charge is 0.478 e. The highest BCUT2D eigenvalue weighted by Gasteiger charge is 2.31. The number of carboxylic acid groups (broad SMARTS) is 1. The van der Waals surface area contributed by atoms with Crippen molar-refractivity contribution in [2.75, 3.05) is 0 Å². The standard InChI is InChI=1S/C26H31N3O4/c1-16(23(30)12-8-17-5-9-20(10-6-17)24(27)28)29-25(31)21-11-7-19(14-21)13-18-3-2-4-22(15-18)26(32)33/h2-6,9-10,15-16,19,21H,7-8,11-14H2,1H3,(H3,27,28)(H,29,31)(H,32,33)/t16-,19-,21+/m0/s1. The highest BCUT2D eigenvalue weighted by atomic mass is 16.4. The Kier molecular flexibility index (Phi) is 7.98. The molecule has 1 amide bonds. The van der Waals surface area contributed by atoms with Crippen LogP contribution >= 0.6 is 0 Å². The Labute approximate surface area is 193 Å². The van der Waals surface area contributed by atoms with Crippen LogP contribution < -0.4 is 11.1 Å². The zero-order chi connectivity index (χ0) is 24.0. The third kappa shape index (κ3) is 6.75. The van der Waals surface area contributed by atoms with E-state index in [9.17, 15) is 14.4 Å². The first kappa shape index (κ1) is 24.2. The van der Waals surface area contributed by atoms with Gasteiger partial charge in [-0.3, -0.25) is 15.0 Å². The van der Waals surface area contributed by atoms with E-state index < -0.39 is 12.0 Å². The number of carboxylic acids is 1. The van der Waals surface area contributed by atoms with Crippen LogP contribution in [0.15, 0.2) is 48.5 Å². The molecule has 1 fully saturated rings.